The second-order valence-corrected chi connectivity index (χ2v) is 4.35. The highest BCUT2D eigenvalue weighted by Crippen LogP contribution is 2.31. The van der Waals surface area contributed by atoms with Crippen molar-refractivity contribution >= 4 is 23.3 Å². The highest BCUT2D eigenvalue weighted by molar-refractivity contribution is 6.23. The monoisotopic (exact) mass is 241 g/mol. The predicted molar refractivity (Wildman–Crippen MR) is 71.5 cm³/mol. The first-order chi connectivity index (χ1) is 8.52. The zero-order valence-corrected chi connectivity index (χ0v) is 10.7. The van der Waals surface area contributed by atoms with Crippen molar-refractivity contribution in [1.82, 2.24) is 4.90 Å². The SMILES string of the molecule is CC(=O)C(C(C)=O)=C1c2ccccc2C=CN1C. The molecule has 2 rings (SSSR count). The Morgan fingerprint density at radius 2 is 1.67 bits per heavy atom. The summed E-state index contributed by atoms with van der Waals surface area (Å²) in [4.78, 5) is 25.2. The van der Waals surface area contributed by atoms with E-state index >= 15 is 0 Å². The highest BCUT2D eigenvalue weighted by Gasteiger charge is 2.23. The molecule has 0 fully saturated rings. The van der Waals surface area contributed by atoms with Gasteiger partial charge in [-0.2, -0.15) is 0 Å². The fourth-order valence-corrected chi connectivity index (χ4v) is 2.21. The molecule has 92 valence electrons. The third-order valence-electron chi connectivity index (χ3n) is 2.99. The van der Waals surface area contributed by atoms with Crippen LogP contribution in [0.3, 0.4) is 0 Å². The van der Waals surface area contributed by atoms with Crippen LogP contribution in [-0.4, -0.2) is 23.5 Å². The van der Waals surface area contributed by atoms with E-state index < -0.39 is 0 Å². The summed E-state index contributed by atoms with van der Waals surface area (Å²) in [6.07, 6.45) is 3.83. The zero-order valence-electron chi connectivity index (χ0n) is 10.7. The molecule has 0 radical (unpaired) electrons. The van der Waals surface area contributed by atoms with Gasteiger partial charge in [-0.3, -0.25) is 9.59 Å². The molecule has 3 heteroatoms. The van der Waals surface area contributed by atoms with Crippen LogP contribution in [-0.2, 0) is 9.59 Å². The number of ketones is 2. The van der Waals surface area contributed by atoms with Gasteiger partial charge in [0.05, 0.1) is 11.3 Å². The standard InChI is InChI=1S/C15H15NO2/c1-10(17)14(11(2)18)15-13-7-5-4-6-12(13)8-9-16(15)3/h4-9H,1-3H3. The first-order valence-corrected chi connectivity index (χ1v) is 5.79. The van der Waals surface area contributed by atoms with E-state index in [2.05, 4.69) is 0 Å². The van der Waals surface area contributed by atoms with Crippen molar-refractivity contribution in [1.29, 1.82) is 0 Å². The van der Waals surface area contributed by atoms with E-state index in [1.807, 2.05) is 48.5 Å². The van der Waals surface area contributed by atoms with Crippen LogP contribution < -0.4 is 0 Å². The number of hydrogen-bond acceptors (Lipinski definition) is 3. The van der Waals surface area contributed by atoms with Gasteiger partial charge < -0.3 is 4.90 Å². The molecule has 0 spiro atoms. The Kier molecular flexibility index (Phi) is 3.15. The molecule has 0 bridgehead atoms. The van der Waals surface area contributed by atoms with Crippen molar-refractivity contribution in [2.45, 2.75) is 13.8 Å². The number of hydrogen-bond donors (Lipinski definition) is 0. The molecule has 0 unspecified atom stereocenters. The lowest BCUT2D eigenvalue weighted by atomic mass is 9.94. The maximum atomic E-state index is 11.7. The molecule has 18 heavy (non-hydrogen) atoms. The van der Waals surface area contributed by atoms with E-state index in [-0.39, 0.29) is 17.1 Å². The summed E-state index contributed by atoms with van der Waals surface area (Å²) < 4.78 is 0. The predicted octanol–water partition coefficient (Wildman–Crippen LogP) is 2.49. The second kappa shape index (κ2) is 4.61. The van der Waals surface area contributed by atoms with Crippen LogP contribution in [0.2, 0.25) is 0 Å². The van der Waals surface area contributed by atoms with Gasteiger partial charge in [0, 0.05) is 18.8 Å². The van der Waals surface area contributed by atoms with Crippen molar-refractivity contribution < 1.29 is 9.59 Å². The van der Waals surface area contributed by atoms with Crippen molar-refractivity contribution in [3.8, 4) is 0 Å². The molecule has 3 nitrogen and oxygen atoms in total. The summed E-state index contributed by atoms with van der Waals surface area (Å²) >= 11 is 0. The lowest BCUT2D eigenvalue weighted by Gasteiger charge is -2.26. The van der Waals surface area contributed by atoms with Gasteiger partial charge in [-0.1, -0.05) is 24.3 Å². The molecular formula is C15H15NO2. The Balaban J connectivity index is 2.76. The number of carbonyl (C=O) groups is 2. The smallest absolute Gasteiger partial charge is 0.165 e. The maximum Gasteiger partial charge on any atom is 0.165 e. The summed E-state index contributed by atoms with van der Waals surface area (Å²) in [5, 5.41) is 0. The van der Waals surface area contributed by atoms with Crippen LogP contribution in [0.5, 0.6) is 0 Å². The van der Waals surface area contributed by atoms with Crippen LogP contribution in [0.25, 0.3) is 11.8 Å². The number of benzene rings is 1. The number of nitrogens with zero attached hydrogens (tertiary/aromatic N) is 1. The molecule has 0 aromatic heterocycles. The fourth-order valence-electron chi connectivity index (χ4n) is 2.21. The van der Waals surface area contributed by atoms with Crippen LogP contribution >= 0.6 is 0 Å². The van der Waals surface area contributed by atoms with E-state index in [0.29, 0.717) is 5.70 Å². The minimum absolute atomic E-state index is 0.200. The lowest BCUT2D eigenvalue weighted by Crippen LogP contribution is -2.21. The van der Waals surface area contributed by atoms with E-state index in [9.17, 15) is 9.59 Å². The number of allylic oxidation sites excluding steroid dienone is 1. The van der Waals surface area contributed by atoms with Crippen LogP contribution in [0, 0.1) is 0 Å². The average Bonchev–Trinajstić information content (AvgIpc) is 2.31. The van der Waals surface area contributed by atoms with Gasteiger partial charge in [-0.25, -0.2) is 0 Å². The Hall–Kier alpha value is -2.16. The number of fused-ring (bicyclic) bond motifs is 1. The first-order valence-electron chi connectivity index (χ1n) is 5.79. The molecule has 1 aromatic carbocycles. The summed E-state index contributed by atoms with van der Waals surface area (Å²) in [7, 11) is 1.84. The van der Waals surface area contributed by atoms with Gasteiger partial charge in [0.15, 0.2) is 11.6 Å². The highest BCUT2D eigenvalue weighted by atomic mass is 16.1. The van der Waals surface area contributed by atoms with Crippen molar-refractivity contribution in [3.63, 3.8) is 0 Å². The van der Waals surface area contributed by atoms with Gasteiger partial charge in [0.2, 0.25) is 0 Å². The van der Waals surface area contributed by atoms with Crippen LogP contribution in [0.15, 0.2) is 36.0 Å². The number of rotatable bonds is 2. The normalized spacial score (nSPS) is 13.3. The summed E-state index contributed by atoms with van der Waals surface area (Å²) in [6.45, 7) is 2.86. The Morgan fingerprint density at radius 3 is 2.28 bits per heavy atom. The molecule has 1 aliphatic rings. The van der Waals surface area contributed by atoms with E-state index in [0.717, 1.165) is 11.1 Å². The third kappa shape index (κ3) is 1.99. The van der Waals surface area contributed by atoms with Gasteiger partial charge in [-0.15, -0.1) is 0 Å². The molecule has 0 amide bonds. The van der Waals surface area contributed by atoms with Crippen LogP contribution in [0.4, 0.5) is 0 Å². The molecule has 0 aliphatic carbocycles. The average molecular weight is 241 g/mol. The largest absolute Gasteiger partial charge is 0.350 e. The number of Topliss-reactive ketones (excluding diaryl/α,β-unsaturated/α-hetero) is 2. The van der Waals surface area contributed by atoms with Gasteiger partial charge >= 0.3 is 0 Å². The molecule has 0 saturated heterocycles. The summed E-state index contributed by atoms with van der Waals surface area (Å²) in [5.74, 6) is -0.399. The zero-order chi connectivity index (χ0) is 13.3. The molecule has 1 aromatic rings. The quantitative estimate of drug-likeness (QED) is 0.453. The van der Waals surface area contributed by atoms with Crippen molar-refractivity contribution in [2.24, 2.45) is 0 Å². The van der Waals surface area contributed by atoms with Crippen molar-refractivity contribution in [3.05, 3.63) is 47.2 Å². The molecule has 1 aliphatic heterocycles. The molecule has 1 heterocycles. The van der Waals surface area contributed by atoms with E-state index in [4.69, 9.17) is 0 Å². The van der Waals surface area contributed by atoms with Gasteiger partial charge in [0.25, 0.3) is 0 Å². The molecule has 0 atom stereocenters. The Bertz CT molecular complexity index is 566. The molecule has 0 N–H and O–H groups in total. The Labute approximate surface area is 106 Å². The fraction of sp³-hybridized carbons (Fsp3) is 0.200. The molecular weight excluding hydrogens is 226 g/mol. The van der Waals surface area contributed by atoms with Crippen LogP contribution in [0.1, 0.15) is 25.0 Å². The third-order valence-corrected chi connectivity index (χ3v) is 2.99. The molecule has 0 saturated carbocycles. The van der Waals surface area contributed by atoms with Gasteiger partial charge in [0.1, 0.15) is 0 Å². The summed E-state index contributed by atoms with van der Waals surface area (Å²) in [5.41, 5.74) is 2.89. The number of carbonyl (C=O) groups excluding carboxylic acids is 2. The topological polar surface area (TPSA) is 37.4 Å². The Morgan fingerprint density at radius 1 is 1.06 bits per heavy atom. The van der Waals surface area contributed by atoms with E-state index in [1.54, 1.807) is 0 Å². The minimum atomic E-state index is -0.200. The minimum Gasteiger partial charge on any atom is -0.350 e. The first kappa shape index (κ1) is 12.3. The van der Waals surface area contributed by atoms with Crippen molar-refractivity contribution in [2.75, 3.05) is 7.05 Å². The maximum absolute atomic E-state index is 11.7. The van der Waals surface area contributed by atoms with Gasteiger partial charge in [-0.05, 0) is 25.5 Å². The van der Waals surface area contributed by atoms with E-state index in [1.165, 1.54) is 13.8 Å². The second-order valence-electron chi connectivity index (χ2n) is 4.35. The lowest BCUT2D eigenvalue weighted by molar-refractivity contribution is -0.119. The summed E-state index contributed by atoms with van der Waals surface area (Å²) in [6, 6.07) is 7.74.